The Balaban J connectivity index is 1.66. The number of ether oxygens (including phenoxy) is 2. The van der Waals surface area contributed by atoms with E-state index in [0.29, 0.717) is 18.3 Å². The molecule has 1 N–H and O–H groups in total. The van der Waals surface area contributed by atoms with E-state index in [1.807, 2.05) is 37.4 Å². The van der Waals surface area contributed by atoms with E-state index in [1.165, 1.54) is 12.8 Å². The molecule has 0 bridgehead atoms. The highest BCUT2D eigenvalue weighted by Crippen LogP contribution is 2.40. The van der Waals surface area contributed by atoms with Crippen molar-refractivity contribution in [1.82, 2.24) is 9.97 Å². The molecule has 1 fully saturated rings. The van der Waals surface area contributed by atoms with Crippen LogP contribution in [0.25, 0.3) is 0 Å². The van der Waals surface area contributed by atoms with Crippen LogP contribution in [-0.2, 0) is 0 Å². The van der Waals surface area contributed by atoms with Crippen molar-refractivity contribution in [3.05, 3.63) is 41.9 Å². The summed E-state index contributed by atoms with van der Waals surface area (Å²) >= 11 is 0. The van der Waals surface area contributed by atoms with Gasteiger partial charge in [-0.05, 0) is 25.0 Å². The summed E-state index contributed by atoms with van der Waals surface area (Å²) < 4.78 is 11.7. The molecule has 2 aliphatic rings. The lowest BCUT2D eigenvalue weighted by molar-refractivity contribution is 0.0850. The van der Waals surface area contributed by atoms with Crippen molar-refractivity contribution >= 4 is 5.82 Å². The van der Waals surface area contributed by atoms with Crippen molar-refractivity contribution in [2.24, 2.45) is 0 Å². The van der Waals surface area contributed by atoms with E-state index in [-0.39, 0.29) is 6.10 Å². The molecular weight excluding hydrogens is 266 g/mol. The highest BCUT2D eigenvalue weighted by Gasteiger charge is 2.29. The number of fused-ring (bicyclic) bond motifs is 1. The first-order valence-corrected chi connectivity index (χ1v) is 7.28. The lowest BCUT2D eigenvalue weighted by Crippen LogP contribution is -2.24. The van der Waals surface area contributed by atoms with Gasteiger partial charge in [0.1, 0.15) is 12.4 Å². The van der Waals surface area contributed by atoms with E-state index < -0.39 is 0 Å². The van der Waals surface area contributed by atoms with Gasteiger partial charge in [0.05, 0.1) is 0 Å². The van der Waals surface area contributed by atoms with Crippen LogP contribution < -0.4 is 14.8 Å². The summed E-state index contributed by atoms with van der Waals surface area (Å²) in [6, 6.07) is 9.72. The molecule has 1 aromatic heterocycles. The maximum atomic E-state index is 5.99. The van der Waals surface area contributed by atoms with E-state index >= 15 is 0 Å². The zero-order chi connectivity index (χ0) is 14.2. The van der Waals surface area contributed by atoms with E-state index in [4.69, 9.17) is 9.47 Å². The smallest absolute Gasteiger partial charge is 0.192 e. The molecule has 5 nitrogen and oxygen atoms in total. The van der Waals surface area contributed by atoms with Gasteiger partial charge < -0.3 is 14.8 Å². The molecule has 5 heteroatoms. The van der Waals surface area contributed by atoms with Gasteiger partial charge in [0.25, 0.3) is 0 Å². The number of aromatic nitrogens is 2. The predicted molar refractivity (Wildman–Crippen MR) is 78.9 cm³/mol. The lowest BCUT2D eigenvalue weighted by atomic mass is 10.2. The standard InChI is InChI=1S/C16H17N3O2/c1-17-15-8-11(10-6-7-10)18-16(19-15)14-9-20-12-4-2-3-5-13(12)21-14/h2-5,8,10,14H,6-7,9H2,1H3,(H,17,18,19). The number of benzene rings is 1. The third kappa shape index (κ3) is 2.39. The molecule has 1 unspecified atom stereocenters. The zero-order valence-electron chi connectivity index (χ0n) is 11.9. The van der Waals surface area contributed by atoms with Gasteiger partial charge in [-0.25, -0.2) is 9.97 Å². The van der Waals surface area contributed by atoms with Gasteiger partial charge in [0.2, 0.25) is 0 Å². The molecule has 21 heavy (non-hydrogen) atoms. The molecule has 1 saturated carbocycles. The first-order valence-electron chi connectivity index (χ1n) is 7.28. The van der Waals surface area contributed by atoms with Crippen LogP contribution in [0.2, 0.25) is 0 Å². The second-order valence-electron chi connectivity index (χ2n) is 5.42. The summed E-state index contributed by atoms with van der Waals surface area (Å²) in [5.41, 5.74) is 1.10. The van der Waals surface area contributed by atoms with E-state index in [1.54, 1.807) is 0 Å². The van der Waals surface area contributed by atoms with Gasteiger partial charge >= 0.3 is 0 Å². The van der Waals surface area contributed by atoms with Gasteiger partial charge in [0.15, 0.2) is 23.4 Å². The molecule has 1 atom stereocenters. The molecule has 0 amide bonds. The molecule has 0 saturated heterocycles. The summed E-state index contributed by atoms with van der Waals surface area (Å²) in [7, 11) is 1.87. The van der Waals surface area contributed by atoms with Crippen LogP contribution in [-0.4, -0.2) is 23.6 Å². The number of rotatable bonds is 3. The molecule has 2 heterocycles. The Kier molecular flexibility index (Phi) is 2.91. The van der Waals surface area contributed by atoms with Gasteiger partial charge in [-0.1, -0.05) is 12.1 Å². The van der Waals surface area contributed by atoms with Gasteiger partial charge in [-0.15, -0.1) is 0 Å². The Bertz CT molecular complexity index is 670. The highest BCUT2D eigenvalue weighted by atomic mass is 16.6. The minimum absolute atomic E-state index is 0.259. The largest absolute Gasteiger partial charge is 0.485 e. The zero-order valence-corrected chi connectivity index (χ0v) is 11.9. The average molecular weight is 283 g/mol. The number of nitrogens with zero attached hydrogens (tertiary/aromatic N) is 2. The third-order valence-electron chi connectivity index (χ3n) is 3.81. The fourth-order valence-electron chi connectivity index (χ4n) is 2.49. The Morgan fingerprint density at radius 3 is 2.71 bits per heavy atom. The molecular formula is C16H17N3O2. The fraction of sp³-hybridized carbons (Fsp3) is 0.375. The van der Waals surface area contributed by atoms with E-state index in [2.05, 4.69) is 15.3 Å². The summed E-state index contributed by atoms with van der Waals surface area (Å²) in [6.07, 6.45) is 2.17. The first-order chi connectivity index (χ1) is 10.3. The van der Waals surface area contributed by atoms with Crippen LogP contribution in [0.5, 0.6) is 11.5 Å². The highest BCUT2D eigenvalue weighted by molar-refractivity contribution is 5.42. The number of para-hydroxylation sites is 2. The van der Waals surface area contributed by atoms with Crippen molar-refractivity contribution in [3.63, 3.8) is 0 Å². The second kappa shape index (κ2) is 4.91. The van der Waals surface area contributed by atoms with Crippen molar-refractivity contribution in [3.8, 4) is 11.5 Å². The molecule has 2 aromatic rings. The van der Waals surface area contributed by atoms with Crippen LogP contribution in [0.1, 0.15) is 36.4 Å². The van der Waals surface area contributed by atoms with Crippen LogP contribution in [0.4, 0.5) is 5.82 Å². The first kappa shape index (κ1) is 12.4. The molecule has 1 aliphatic carbocycles. The Hall–Kier alpha value is -2.30. The number of hydrogen-bond acceptors (Lipinski definition) is 5. The van der Waals surface area contributed by atoms with Crippen molar-refractivity contribution < 1.29 is 9.47 Å². The van der Waals surface area contributed by atoms with Gasteiger partial charge in [0, 0.05) is 24.7 Å². The summed E-state index contributed by atoms with van der Waals surface area (Å²) in [5.74, 6) is 3.64. The minimum atomic E-state index is -0.259. The molecule has 0 spiro atoms. The van der Waals surface area contributed by atoms with Gasteiger partial charge in [-0.3, -0.25) is 0 Å². The molecule has 0 radical (unpaired) electrons. The maximum absolute atomic E-state index is 5.99. The van der Waals surface area contributed by atoms with Crippen LogP contribution >= 0.6 is 0 Å². The summed E-state index contributed by atoms with van der Waals surface area (Å²) in [4.78, 5) is 9.22. The predicted octanol–water partition coefficient (Wildman–Crippen LogP) is 2.91. The van der Waals surface area contributed by atoms with Crippen molar-refractivity contribution in [2.45, 2.75) is 24.9 Å². The quantitative estimate of drug-likeness (QED) is 0.938. The van der Waals surface area contributed by atoms with E-state index in [0.717, 1.165) is 23.0 Å². The van der Waals surface area contributed by atoms with Gasteiger partial charge in [-0.2, -0.15) is 0 Å². The Morgan fingerprint density at radius 1 is 1.14 bits per heavy atom. The number of hydrogen-bond donors (Lipinski definition) is 1. The third-order valence-corrected chi connectivity index (χ3v) is 3.81. The van der Waals surface area contributed by atoms with E-state index in [9.17, 15) is 0 Å². The van der Waals surface area contributed by atoms with Crippen LogP contribution in [0.3, 0.4) is 0 Å². The normalized spacial score (nSPS) is 20.1. The van der Waals surface area contributed by atoms with Crippen molar-refractivity contribution in [2.75, 3.05) is 19.0 Å². The molecule has 108 valence electrons. The fourth-order valence-corrected chi connectivity index (χ4v) is 2.49. The Labute approximate surface area is 123 Å². The second-order valence-corrected chi connectivity index (χ2v) is 5.42. The number of nitrogens with one attached hydrogen (secondary N) is 1. The number of anilines is 1. The van der Waals surface area contributed by atoms with Crippen molar-refractivity contribution in [1.29, 1.82) is 0 Å². The molecule has 1 aliphatic heterocycles. The SMILES string of the molecule is CNc1cc(C2CC2)nc(C2COc3ccccc3O2)n1. The van der Waals surface area contributed by atoms with Crippen LogP contribution in [0, 0.1) is 0 Å². The Morgan fingerprint density at radius 2 is 1.95 bits per heavy atom. The summed E-state index contributed by atoms with van der Waals surface area (Å²) in [5, 5.41) is 3.10. The van der Waals surface area contributed by atoms with Crippen LogP contribution in [0.15, 0.2) is 30.3 Å². The monoisotopic (exact) mass is 283 g/mol. The summed E-state index contributed by atoms with van der Waals surface area (Å²) in [6.45, 7) is 0.439. The topological polar surface area (TPSA) is 56.3 Å². The maximum Gasteiger partial charge on any atom is 0.192 e. The molecule has 1 aromatic carbocycles. The molecule has 4 rings (SSSR count). The average Bonchev–Trinajstić information content (AvgIpc) is 3.39. The lowest BCUT2D eigenvalue weighted by Gasteiger charge is -2.25. The minimum Gasteiger partial charge on any atom is -0.485 e.